The van der Waals surface area contributed by atoms with Gasteiger partial charge in [-0.2, -0.15) is 13.2 Å². The van der Waals surface area contributed by atoms with Crippen LogP contribution in [0.15, 0.2) is 30.3 Å². The first-order valence-corrected chi connectivity index (χ1v) is 14.5. The van der Waals surface area contributed by atoms with Crippen LogP contribution in [-0.4, -0.2) is 68.1 Å². The molecule has 5 rings (SSSR count). The zero-order valence-electron chi connectivity index (χ0n) is 21.6. The lowest BCUT2D eigenvalue weighted by Crippen LogP contribution is -2.52. The summed E-state index contributed by atoms with van der Waals surface area (Å²) in [6.45, 7) is 1.19. The van der Waals surface area contributed by atoms with Crippen molar-refractivity contribution in [2.45, 2.75) is 37.9 Å². The Morgan fingerprint density at radius 3 is 2.40 bits per heavy atom. The molecule has 40 heavy (non-hydrogen) atoms. The van der Waals surface area contributed by atoms with E-state index >= 15 is 0 Å². The second kappa shape index (κ2) is 12.1. The van der Waals surface area contributed by atoms with Gasteiger partial charge in [0.15, 0.2) is 0 Å². The maximum atomic E-state index is 14.1. The van der Waals surface area contributed by atoms with E-state index in [0.29, 0.717) is 34.1 Å². The number of nitrogens with one attached hydrogen (secondary N) is 2. The molecule has 2 aliphatic carbocycles. The third-order valence-corrected chi connectivity index (χ3v) is 8.45. The van der Waals surface area contributed by atoms with Crippen molar-refractivity contribution < 1.29 is 32.3 Å². The summed E-state index contributed by atoms with van der Waals surface area (Å²) in [7, 11) is 0. The third kappa shape index (κ3) is 7.34. The van der Waals surface area contributed by atoms with Crippen molar-refractivity contribution >= 4 is 52.0 Å². The predicted molar refractivity (Wildman–Crippen MR) is 146 cm³/mol. The first kappa shape index (κ1) is 28.8. The number of amides is 3. The number of alkyl halides is 3. The number of carbonyl (C=O) groups is 3. The number of hydrogen-bond acceptors (Lipinski definition) is 6. The molecule has 3 fully saturated rings. The monoisotopic (exact) mass is 598 g/mol. The minimum atomic E-state index is -4.76. The Balaban J connectivity index is 1.37. The summed E-state index contributed by atoms with van der Waals surface area (Å²) in [5.74, 6) is -0.515. The van der Waals surface area contributed by atoms with Gasteiger partial charge in [-0.25, -0.2) is 0 Å². The second-order valence-corrected chi connectivity index (χ2v) is 12.2. The van der Waals surface area contributed by atoms with Crippen LogP contribution in [0.1, 0.15) is 40.9 Å². The highest BCUT2D eigenvalue weighted by Crippen LogP contribution is 2.39. The fourth-order valence-electron chi connectivity index (χ4n) is 4.77. The predicted octanol–water partition coefficient (Wildman–Crippen LogP) is 4.64. The number of morpholine rings is 1. The number of benzene rings is 1. The molecule has 1 aromatic heterocycles. The molecule has 3 amide bonds. The molecule has 0 radical (unpaired) electrons. The number of hydrogen-bond donors (Lipinski definition) is 2. The van der Waals surface area contributed by atoms with E-state index in [1.807, 2.05) is 0 Å². The molecule has 0 unspecified atom stereocenters. The maximum Gasteiger partial charge on any atom is 0.418 e. The summed E-state index contributed by atoms with van der Waals surface area (Å²) in [6.07, 6.45) is -0.509. The molecule has 216 valence electrons. The molecular weight excluding hydrogens is 569 g/mol. The zero-order chi connectivity index (χ0) is 28.4. The lowest BCUT2D eigenvalue weighted by Gasteiger charge is -2.32. The largest absolute Gasteiger partial charge is 0.418 e. The molecule has 13 heteroatoms. The van der Waals surface area contributed by atoms with Gasteiger partial charge in [-0.05, 0) is 67.9 Å². The number of thiophene rings is 1. The quantitative estimate of drug-likeness (QED) is 0.393. The normalized spacial score (nSPS) is 18.6. The number of nitrogens with zero attached hydrogens (tertiary/aromatic N) is 2. The summed E-state index contributed by atoms with van der Waals surface area (Å²) in [4.78, 5) is 42.1. The Morgan fingerprint density at radius 2 is 1.82 bits per heavy atom. The molecule has 2 heterocycles. The van der Waals surface area contributed by atoms with E-state index in [0.717, 1.165) is 48.0 Å². The van der Waals surface area contributed by atoms with Gasteiger partial charge >= 0.3 is 6.18 Å². The molecule has 0 spiro atoms. The minimum Gasteiger partial charge on any atom is -0.370 e. The summed E-state index contributed by atoms with van der Waals surface area (Å²) >= 11 is 7.08. The standard InChI is InChI=1S/C27H30ClF3N4O4S/c28-23-8-7-22(40-23)26(38)32-12-21(34(13-16-1-2-16)14-17-3-4-17)25(37)33-18-5-6-20(19(11-18)27(29,30)31)35-9-10-39-15-24(35)36/h5-8,11,16-17,21H,1-4,9-10,12-15H2,(H,32,38)(H,33,37)/t21-/m1/s1. The van der Waals surface area contributed by atoms with Crippen molar-refractivity contribution in [1.82, 2.24) is 10.2 Å². The topological polar surface area (TPSA) is 91.0 Å². The van der Waals surface area contributed by atoms with Gasteiger partial charge in [0.2, 0.25) is 5.91 Å². The Bertz CT molecular complexity index is 1250. The van der Waals surface area contributed by atoms with E-state index in [2.05, 4.69) is 15.5 Å². The van der Waals surface area contributed by atoms with Gasteiger partial charge in [-0.15, -0.1) is 11.3 Å². The van der Waals surface area contributed by atoms with Crippen LogP contribution in [0.4, 0.5) is 24.5 Å². The number of halogens is 4. The molecule has 2 saturated carbocycles. The molecule has 2 N–H and O–H groups in total. The first-order chi connectivity index (χ1) is 19.1. The highest BCUT2D eigenvalue weighted by molar-refractivity contribution is 7.18. The van der Waals surface area contributed by atoms with Gasteiger partial charge in [-0.3, -0.25) is 19.3 Å². The molecular formula is C27H30ClF3N4O4S. The summed E-state index contributed by atoms with van der Waals surface area (Å²) in [5, 5.41) is 5.47. The van der Waals surface area contributed by atoms with Crippen molar-refractivity contribution in [3.05, 3.63) is 45.1 Å². The lowest BCUT2D eigenvalue weighted by molar-refractivity contribution is -0.137. The molecule has 1 aromatic carbocycles. The van der Waals surface area contributed by atoms with Crippen LogP contribution < -0.4 is 15.5 Å². The SMILES string of the molecule is O=C(NC[C@H](C(=O)Nc1ccc(N2CCOCC2=O)c(C(F)(F)F)c1)N(CC1CC1)CC1CC1)c1ccc(Cl)s1. The summed E-state index contributed by atoms with van der Waals surface area (Å²) in [5.41, 5.74) is -1.34. The van der Waals surface area contributed by atoms with Crippen LogP contribution in [0.5, 0.6) is 0 Å². The highest BCUT2D eigenvalue weighted by atomic mass is 35.5. The van der Waals surface area contributed by atoms with Crippen LogP contribution in [-0.2, 0) is 20.5 Å². The van der Waals surface area contributed by atoms with E-state index in [-0.39, 0.29) is 43.6 Å². The van der Waals surface area contributed by atoms with Crippen molar-refractivity contribution in [1.29, 1.82) is 0 Å². The van der Waals surface area contributed by atoms with Gasteiger partial charge in [0.05, 0.1) is 27.1 Å². The summed E-state index contributed by atoms with van der Waals surface area (Å²) < 4.78 is 47.7. The third-order valence-electron chi connectivity index (χ3n) is 7.22. The Hall–Kier alpha value is -2.67. The van der Waals surface area contributed by atoms with Crippen LogP contribution >= 0.6 is 22.9 Å². The number of ether oxygens (including phenoxy) is 1. The van der Waals surface area contributed by atoms with Gasteiger partial charge in [0, 0.05) is 31.9 Å². The van der Waals surface area contributed by atoms with Crippen LogP contribution in [0.3, 0.4) is 0 Å². The number of carbonyl (C=O) groups excluding carboxylic acids is 3. The zero-order valence-corrected chi connectivity index (χ0v) is 23.2. The minimum absolute atomic E-state index is 0.00212. The van der Waals surface area contributed by atoms with E-state index in [9.17, 15) is 27.6 Å². The van der Waals surface area contributed by atoms with Crippen molar-refractivity contribution in [2.24, 2.45) is 11.8 Å². The van der Waals surface area contributed by atoms with E-state index in [1.165, 1.54) is 12.1 Å². The smallest absolute Gasteiger partial charge is 0.370 e. The average Bonchev–Trinajstić information content (AvgIpc) is 3.84. The molecule has 1 atom stereocenters. The van der Waals surface area contributed by atoms with Gasteiger partial charge in [0.1, 0.15) is 12.6 Å². The van der Waals surface area contributed by atoms with Gasteiger partial charge in [-0.1, -0.05) is 11.6 Å². The van der Waals surface area contributed by atoms with Gasteiger partial charge in [0.25, 0.3) is 11.8 Å². The fraction of sp³-hybridized carbons (Fsp3) is 0.519. The number of anilines is 2. The Morgan fingerprint density at radius 1 is 1.12 bits per heavy atom. The summed E-state index contributed by atoms with van der Waals surface area (Å²) in [6, 6.07) is 5.85. The average molecular weight is 599 g/mol. The Kier molecular flexibility index (Phi) is 8.69. The maximum absolute atomic E-state index is 14.1. The van der Waals surface area contributed by atoms with Crippen molar-refractivity contribution in [3.8, 4) is 0 Å². The van der Waals surface area contributed by atoms with Crippen LogP contribution in [0, 0.1) is 11.8 Å². The molecule has 8 nitrogen and oxygen atoms in total. The van der Waals surface area contributed by atoms with Crippen molar-refractivity contribution in [3.63, 3.8) is 0 Å². The van der Waals surface area contributed by atoms with Crippen molar-refractivity contribution in [2.75, 3.05) is 49.6 Å². The van der Waals surface area contributed by atoms with Gasteiger partial charge < -0.3 is 20.3 Å². The molecule has 3 aliphatic rings. The van der Waals surface area contributed by atoms with E-state index in [1.54, 1.807) is 12.1 Å². The molecule has 0 bridgehead atoms. The van der Waals surface area contributed by atoms with Crippen LogP contribution in [0.2, 0.25) is 4.34 Å². The van der Waals surface area contributed by atoms with Crippen LogP contribution in [0.25, 0.3) is 0 Å². The highest BCUT2D eigenvalue weighted by Gasteiger charge is 2.38. The first-order valence-electron chi connectivity index (χ1n) is 13.3. The van der Waals surface area contributed by atoms with E-state index in [4.69, 9.17) is 16.3 Å². The lowest BCUT2D eigenvalue weighted by atomic mass is 10.1. The number of rotatable bonds is 11. The molecule has 2 aromatic rings. The van der Waals surface area contributed by atoms with E-state index < -0.39 is 29.6 Å². The Labute approximate surface area is 238 Å². The fourth-order valence-corrected chi connectivity index (χ4v) is 5.73. The molecule has 1 aliphatic heterocycles. The second-order valence-electron chi connectivity index (χ2n) is 10.5. The molecule has 1 saturated heterocycles.